The molecular formula is C20H24Cl2FIN2O. The number of piperazine rings is 1. The van der Waals surface area contributed by atoms with Crippen LogP contribution in [0.3, 0.4) is 0 Å². The molecule has 1 heterocycles. The van der Waals surface area contributed by atoms with Gasteiger partial charge in [-0.25, -0.2) is 4.39 Å². The smallest absolute Gasteiger partial charge is 0.151 e. The quantitative estimate of drug-likeness (QED) is 0.529. The van der Waals surface area contributed by atoms with E-state index in [9.17, 15) is 9.18 Å². The number of benzene rings is 2. The standard InChI is InChI=1S/C20H22FIN2O.2ClH/c21-20-4-2-1-3-17(20)14-23-9-11-24(12-10-23)15-19(25)13-16-5-7-18(22)8-6-16;;/h1-8H,9-15H2;2*1H. The lowest BCUT2D eigenvalue weighted by Gasteiger charge is -2.34. The maximum Gasteiger partial charge on any atom is 0.151 e. The van der Waals surface area contributed by atoms with Gasteiger partial charge in [-0.05, 0) is 46.4 Å². The van der Waals surface area contributed by atoms with Crippen LogP contribution in [0, 0.1) is 9.39 Å². The highest BCUT2D eigenvalue weighted by Gasteiger charge is 2.19. The third kappa shape index (κ3) is 7.66. The maximum absolute atomic E-state index is 13.7. The SMILES string of the molecule is Cl.Cl.O=C(Cc1ccc(I)cc1)CN1CCN(Cc2ccccc2F)CC1. The van der Waals surface area contributed by atoms with Crippen LogP contribution in [-0.2, 0) is 17.8 Å². The van der Waals surface area contributed by atoms with E-state index in [4.69, 9.17) is 0 Å². The van der Waals surface area contributed by atoms with Crippen molar-refractivity contribution in [2.24, 2.45) is 0 Å². The molecule has 27 heavy (non-hydrogen) atoms. The van der Waals surface area contributed by atoms with Crippen molar-refractivity contribution in [3.05, 3.63) is 69.0 Å². The van der Waals surface area contributed by atoms with Crippen LogP contribution in [0.5, 0.6) is 0 Å². The van der Waals surface area contributed by atoms with Gasteiger partial charge in [-0.2, -0.15) is 0 Å². The normalized spacial score (nSPS) is 14.9. The average Bonchev–Trinajstić information content (AvgIpc) is 2.61. The van der Waals surface area contributed by atoms with Crippen molar-refractivity contribution in [2.75, 3.05) is 32.7 Å². The minimum atomic E-state index is -0.141. The van der Waals surface area contributed by atoms with Gasteiger partial charge in [0.2, 0.25) is 0 Å². The Morgan fingerprint density at radius 2 is 1.52 bits per heavy atom. The van der Waals surface area contributed by atoms with Crippen molar-refractivity contribution in [2.45, 2.75) is 13.0 Å². The van der Waals surface area contributed by atoms with Crippen LogP contribution in [0.1, 0.15) is 11.1 Å². The summed E-state index contributed by atoms with van der Waals surface area (Å²) in [6.07, 6.45) is 0.492. The Kier molecular flexibility index (Phi) is 10.8. The van der Waals surface area contributed by atoms with Crippen LogP contribution in [0.4, 0.5) is 4.39 Å². The first kappa shape index (κ1) is 24.3. The highest BCUT2D eigenvalue weighted by Crippen LogP contribution is 2.12. The number of Topliss-reactive ketones (excluding diaryl/α,β-unsaturated/α-hetero) is 1. The van der Waals surface area contributed by atoms with E-state index in [0.29, 0.717) is 19.5 Å². The van der Waals surface area contributed by atoms with Crippen molar-refractivity contribution < 1.29 is 9.18 Å². The third-order valence-corrected chi connectivity index (χ3v) is 5.25. The predicted molar refractivity (Wildman–Crippen MR) is 120 cm³/mol. The second-order valence-electron chi connectivity index (χ2n) is 6.49. The summed E-state index contributed by atoms with van der Waals surface area (Å²) in [6, 6.07) is 15.0. The number of nitrogens with zero attached hydrogens (tertiary/aromatic N) is 2. The molecule has 1 saturated heterocycles. The van der Waals surface area contributed by atoms with Gasteiger partial charge in [0.25, 0.3) is 0 Å². The number of rotatable bonds is 6. The average molecular weight is 525 g/mol. The molecule has 2 aromatic carbocycles. The molecule has 0 aromatic heterocycles. The fourth-order valence-corrected chi connectivity index (χ4v) is 3.47. The minimum Gasteiger partial charge on any atom is -0.298 e. The molecule has 0 radical (unpaired) electrons. The zero-order valence-corrected chi connectivity index (χ0v) is 18.7. The van der Waals surface area contributed by atoms with Crippen molar-refractivity contribution in [1.29, 1.82) is 0 Å². The molecule has 2 aromatic rings. The van der Waals surface area contributed by atoms with E-state index in [1.165, 1.54) is 9.64 Å². The highest BCUT2D eigenvalue weighted by atomic mass is 127. The number of carbonyl (C=O) groups excluding carboxylic acids is 1. The summed E-state index contributed by atoms with van der Waals surface area (Å²) in [6.45, 7) is 4.58. The van der Waals surface area contributed by atoms with Crippen LogP contribution in [0.2, 0.25) is 0 Å². The first-order valence-electron chi connectivity index (χ1n) is 8.54. The number of halogens is 4. The number of ketones is 1. The molecule has 7 heteroatoms. The molecule has 1 aliphatic rings. The topological polar surface area (TPSA) is 23.6 Å². The molecule has 3 rings (SSSR count). The van der Waals surface area contributed by atoms with Crippen LogP contribution >= 0.6 is 47.4 Å². The van der Waals surface area contributed by atoms with Gasteiger partial charge in [-0.15, -0.1) is 24.8 Å². The Morgan fingerprint density at radius 3 is 2.15 bits per heavy atom. The van der Waals surface area contributed by atoms with E-state index in [1.807, 2.05) is 36.4 Å². The molecule has 1 fully saturated rings. The summed E-state index contributed by atoms with van der Waals surface area (Å²) < 4.78 is 14.9. The summed E-state index contributed by atoms with van der Waals surface area (Å²) >= 11 is 2.26. The Bertz CT molecular complexity index is 722. The molecular weight excluding hydrogens is 501 g/mol. The first-order chi connectivity index (χ1) is 12.1. The molecule has 0 N–H and O–H groups in total. The molecule has 0 saturated carbocycles. The van der Waals surface area contributed by atoms with Gasteiger partial charge < -0.3 is 0 Å². The molecule has 3 nitrogen and oxygen atoms in total. The summed E-state index contributed by atoms with van der Waals surface area (Å²) in [5.74, 6) is 0.112. The summed E-state index contributed by atoms with van der Waals surface area (Å²) in [4.78, 5) is 16.7. The molecule has 0 spiro atoms. The summed E-state index contributed by atoms with van der Waals surface area (Å²) in [5.41, 5.74) is 1.81. The largest absolute Gasteiger partial charge is 0.298 e. The molecule has 0 amide bonds. The van der Waals surface area contributed by atoms with Crippen molar-refractivity contribution >= 4 is 53.2 Å². The molecule has 0 aliphatic carbocycles. The Labute approximate surface area is 186 Å². The van der Waals surface area contributed by atoms with E-state index in [-0.39, 0.29) is 36.4 Å². The van der Waals surface area contributed by atoms with E-state index in [2.05, 4.69) is 32.4 Å². The lowest BCUT2D eigenvalue weighted by Crippen LogP contribution is -2.47. The van der Waals surface area contributed by atoms with E-state index < -0.39 is 0 Å². The number of carbonyl (C=O) groups is 1. The second-order valence-corrected chi connectivity index (χ2v) is 7.73. The van der Waals surface area contributed by atoms with Crippen molar-refractivity contribution in [3.8, 4) is 0 Å². The Morgan fingerprint density at radius 1 is 0.926 bits per heavy atom. The highest BCUT2D eigenvalue weighted by molar-refractivity contribution is 14.1. The second kappa shape index (κ2) is 12.0. The van der Waals surface area contributed by atoms with Gasteiger partial charge in [0, 0.05) is 48.3 Å². The molecule has 1 aliphatic heterocycles. The van der Waals surface area contributed by atoms with Gasteiger partial charge in [-0.3, -0.25) is 14.6 Å². The fraction of sp³-hybridized carbons (Fsp3) is 0.350. The van der Waals surface area contributed by atoms with E-state index in [1.54, 1.807) is 6.07 Å². The zero-order valence-electron chi connectivity index (χ0n) is 14.9. The van der Waals surface area contributed by atoms with Crippen molar-refractivity contribution in [3.63, 3.8) is 0 Å². The van der Waals surface area contributed by atoms with Gasteiger partial charge in [0.05, 0.1) is 6.54 Å². The Hall–Kier alpha value is -0.730. The maximum atomic E-state index is 13.7. The van der Waals surface area contributed by atoms with E-state index >= 15 is 0 Å². The zero-order chi connectivity index (χ0) is 17.6. The lowest BCUT2D eigenvalue weighted by atomic mass is 10.1. The number of hydrogen-bond donors (Lipinski definition) is 0. The lowest BCUT2D eigenvalue weighted by molar-refractivity contribution is -0.120. The first-order valence-corrected chi connectivity index (χ1v) is 9.62. The molecule has 0 unspecified atom stereocenters. The molecule has 148 valence electrons. The third-order valence-electron chi connectivity index (χ3n) is 4.53. The summed E-state index contributed by atoms with van der Waals surface area (Å²) in [7, 11) is 0. The van der Waals surface area contributed by atoms with Gasteiger partial charge in [0.1, 0.15) is 5.82 Å². The monoisotopic (exact) mass is 524 g/mol. The van der Waals surface area contributed by atoms with Crippen LogP contribution < -0.4 is 0 Å². The molecule has 0 atom stereocenters. The van der Waals surface area contributed by atoms with Crippen LogP contribution in [0.25, 0.3) is 0 Å². The fourth-order valence-electron chi connectivity index (χ4n) is 3.11. The van der Waals surface area contributed by atoms with Gasteiger partial charge >= 0.3 is 0 Å². The van der Waals surface area contributed by atoms with Crippen LogP contribution in [0.15, 0.2) is 48.5 Å². The van der Waals surface area contributed by atoms with Gasteiger partial charge in [-0.1, -0.05) is 30.3 Å². The Balaban J connectivity index is 0.00000182. The minimum absolute atomic E-state index is 0. The van der Waals surface area contributed by atoms with Crippen molar-refractivity contribution in [1.82, 2.24) is 9.80 Å². The van der Waals surface area contributed by atoms with Crippen LogP contribution in [-0.4, -0.2) is 48.3 Å². The number of hydrogen-bond acceptors (Lipinski definition) is 3. The van der Waals surface area contributed by atoms with Gasteiger partial charge in [0.15, 0.2) is 5.78 Å². The predicted octanol–water partition coefficient (Wildman–Crippen LogP) is 4.20. The molecule has 0 bridgehead atoms. The summed E-state index contributed by atoms with van der Waals surface area (Å²) in [5, 5.41) is 0. The van der Waals surface area contributed by atoms with E-state index in [0.717, 1.165) is 37.3 Å².